The summed E-state index contributed by atoms with van der Waals surface area (Å²) in [4.78, 5) is 7.60. The smallest absolute Gasteiger partial charge is 0.488 e. The highest BCUT2D eigenvalue weighted by atomic mass is 32.2. The summed E-state index contributed by atoms with van der Waals surface area (Å²) in [7, 11) is 2.90. The molecule has 0 unspecified atom stereocenters. The number of methoxy groups -OCH3 is 2. The maximum atomic E-state index is 10.2. The van der Waals surface area contributed by atoms with Crippen molar-refractivity contribution in [2.75, 3.05) is 18.9 Å². The number of hydrogen-bond donors (Lipinski definition) is 1. The molecule has 1 rings (SSSR count). The molecule has 0 aliphatic heterocycles. The summed E-state index contributed by atoms with van der Waals surface area (Å²) >= 11 is 0.178. The Morgan fingerprint density at radius 3 is 2.69 bits per heavy atom. The molecule has 6 nitrogen and oxygen atoms in total. The number of rotatable bonds is 4. The molecular weight excluding hydrogens is 194 g/mol. The van der Waals surface area contributed by atoms with Crippen molar-refractivity contribution < 1.29 is 13.7 Å². The van der Waals surface area contributed by atoms with Crippen LogP contribution in [0, 0.1) is 0 Å². The molecule has 7 heteroatoms. The van der Waals surface area contributed by atoms with Crippen LogP contribution in [0.1, 0.15) is 0 Å². The van der Waals surface area contributed by atoms with Crippen molar-refractivity contribution in [1.29, 1.82) is 0 Å². The Morgan fingerprint density at radius 2 is 2.15 bits per heavy atom. The monoisotopic (exact) mass is 202 g/mol. The zero-order valence-electron chi connectivity index (χ0n) is 7.10. The van der Waals surface area contributed by atoms with E-state index in [0.717, 1.165) is 0 Å². The zero-order valence-corrected chi connectivity index (χ0v) is 7.92. The molecule has 0 bridgehead atoms. The van der Waals surface area contributed by atoms with Gasteiger partial charge in [0.05, 0.1) is 18.4 Å². The Balaban J connectivity index is 3.10. The molecule has 0 spiro atoms. The first-order chi connectivity index (χ1) is 6.33. The molecule has 0 aliphatic carbocycles. The summed E-state index contributed by atoms with van der Waals surface area (Å²) in [5.74, 6) is 0.900. The van der Waals surface area contributed by atoms with Gasteiger partial charge in [-0.05, 0) is 0 Å². The first kappa shape index (κ1) is 9.59. The van der Waals surface area contributed by atoms with Crippen LogP contribution in [0.3, 0.4) is 0 Å². The molecule has 0 fully saturated rings. The van der Waals surface area contributed by atoms with Crippen LogP contribution in [0.5, 0.6) is 11.6 Å². The highest BCUT2D eigenvalue weighted by molar-refractivity contribution is 7.67. The number of anilines is 1. The van der Waals surface area contributed by atoms with Crippen molar-refractivity contribution in [3.05, 3.63) is 6.33 Å². The van der Waals surface area contributed by atoms with Gasteiger partial charge in [0.15, 0.2) is 0 Å². The molecule has 0 amide bonds. The van der Waals surface area contributed by atoms with E-state index in [4.69, 9.17) is 9.47 Å². The molecule has 13 heavy (non-hydrogen) atoms. The van der Waals surface area contributed by atoms with Crippen molar-refractivity contribution >= 4 is 17.7 Å². The van der Waals surface area contributed by atoms with E-state index < -0.39 is 0 Å². The van der Waals surface area contributed by atoms with Gasteiger partial charge in [-0.1, -0.05) is 4.72 Å². The van der Waals surface area contributed by atoms with Crippen LogP contribution in [0.15, 0.2) is 6.33 Å². The number of ether oxygens (including phenoxy) is 2. The van der Waals surface area contributed by atoms with Gasteiger partial charge in [0.2, 0.25) is 11.6 Å². The number of hydrogen-bond acceptors (Lipinski definition) is 5. The topological polar surface area (TPSA) is 73.3 Å². The lowest BCUT2D eigenvalue weighted by Crippen LogP contribution is -2.01. The van der Waals surface area contributed by atoms with Crippen molar-refractivity contribution in [2.24, 2.45) is 0 Å². The van der Waals surface area contributed by atoms with Crippen LogP contribution >= 0.6 is 0 Å². The van der Waals surface area contributed by atoms with Crippen LogP contribution in [0.25, 0.3) is 0 Å². The van der Waals surface area contributed by atoms with Gasteiger partial charge in [-0.15, -0.1) is 0 Å². The predicted octanol–water partition coefficient (Wildman–Crippen LogP) is 0.249. The summed E-state index contributed by atoms with van der Waals surface area (Å²) in [6.07, 6.45) is 1.28. The summed E-state index contributed by atoms with van der Waals surface area (Å²) < 4.78 is 22.5. The predicted molar refractivity (Wildman–Crippen MR) is 46.8 cm³/mol. The summed E-state index contributed by atoms with van der Waals surface area (Å²) in [5.41, 5.74) is 0. The Hall–Kier alpha value is -1.50. The SMILES string of the molecule is COc1ncnc(N[S+]=O)c1OC. The van der Waals surface area contributed by atoms with E-state index in [1.54, 1.807) is 0 Å². The molecule has 0 saturated carbocycles. The molecule has 70 valence electrons. The number of nitrogens with zero attached hydrogens (tertiary/aromatic N) is 2. The van der Waals surface area contributed by atoms with E-state index in [0.29, 0.717) is 11.6 Å². The standard InChI is InChI=1S/C6H8N3O3S/c1-11-4-5(9-13-10)7-3-8-6(4)12-2/h3H,1-2H3,(H,7,8,9,10)/q+1. The average Bonchev–Trinajstić information content (AvgIpc) is 2.18. The Morgan fingerprint density at radius 1 is 1.38 bits per heavy atom. The molecule has 1 aromatic heterocycles. The minimum atomic E-state index is 0.178. The summed E-state index contributed by atoms with van der Waals surface area (Å²) in [5, 5.41) is 0. The molecule has 0 aromatic carbocycles. The van der Waals surface area contributed by atoms with Crippen LogP contribution in [-0.4, -0.2) is 24.2 Å². The molecular formula is C6H8N3O3S+. The van der Waals surface area contributed by atoms with Gasteiger partial charge in [-0.2, -0.15) is 4.98 Å². The highest BCUT2D eigenvalue weighted by Gasteiger charge is 2.15. The molecule has 0 aliphatic rings. The average molecular weight is 202 g/mol. The van der Waals surface area contributed by atoms with Crippen molar-refractivity contribution in [1.82, 2.24) is 9.97 Å². The lowest BCUT2D eigenvalue weighted by atomic mass is 10.5. The lowest BCUT2D eigenvalue weighted by Gasteiger charge is -2.05. The Kier molecular flexibility index (Phi) is 3.32. The quantitative estimate of drug-likeness (QED) is 0.559. The van der Waals surface area contributed by atoms with E-state index in [-0.39, 0.29) is 17.7 Å². The fourth-order valence-corrected chi connectivity index (χ4v) is 1.02. The third-order valence-corrected chi connectivity index (χ3v) is 1.58. The van der Waals surface area contributed by atoms with Gasteiger partial charge in [0.1, 0.15) is 6.33 Å². The molecule has 1 aromatic rings. The largest absolute Gasteiger partial charge is 0.625 e. The van der Waals surface area contributed by atoms with Crippen molar-refractivity contribution in [2.45, 2.75) is 0 Å². The second-order valence-corrected chi connectivity index (χ2v) is 2.32. The Labute approximate surface area is 78.9 Å². The third kappa shape index (κ3) is 2.00. The highest BCUT2D eigenvalue weighted by Crippen LogP contribution is 2.29. The third-order valence-electron chi connectivity index (χ3n) is 1.31. The van der Waals surface area contributed by atoms with Gasteiger partial charge in [-0.3, -0.25) is 0 Å². The fourth-order valence-electron chi connectivity index (χ4n) is 0.799. The van der Waals surface area contributed by atoms with E-state index in [9.17, 15) is 4.21 Å². The Bertz CT molecular complexity index is 307. The molecule has 1 N–H and O–H groups in total. The summed E-state index contributed by atoms with van der Waals surface area (Å²) in [6.45, 7) is 0. The maximum Gasteiger partial charge on any atom is 0.625 e. The van der Waals surface area contributed by atoms with Gasteiger partial charge in [0.25, 0.3) is 5.88 Å². The molecule has 0 radical (unpaired) electrons. The summed E-state index contributed by atoms with van der Waals surface area (Å²) in [6, 6.07) is 0. The van der Waals surface area contributed by atoms with Gasteiger partial charge >= 0.3 is 11.9 Å². The van der Waals surface area contributed by atoms with Gasteiger partial charge in [0, 0.05) is 0 Å². The second kappa shape index (κ2) is 4.51. The van der Waals surface area contributed by atoms with E-state index in [1.165, 1.54) is 20.5 Å². The van der Waals surface area contributed by atoms with Gasteiger partial charge < -0.3 is 9.47 Å². The second-order valence-electron chi connectivity index (χ2n) is 1.95. The van der Waals surface area contributed by atoms with Gasteiger partial charge in [-0.25, -0.2) is 4.98 Å². The van der Waals surface area contributed by atoms with Crippen LogP contribution < -0.4 is 14.2 Å². The normalized spacial score (nSPS) is 9.08. The van der Waals surface area contributed by atoms with E-state index in [1.807, 2.05) is 0 Å². The minimum absolute atomic E-state index is 0.178. The van der Waals surface area contributed by atoms with Crippen LogP contribution in [-0.2, 0) is 16.1 Å². The lowest BCUT2D eigenvalue weighted by molar-refractivity contribution is 0.342. The number of nitrogens with one attached hydrogen (secondary N) is 1. The minimum Gasteiger partial charge on any atom is -0.488 e. The van der Waals surface area contributed by atoms with Crippen LogP contribution in [0.2, 0.25) is 0 Å². The molecule has 0 atom stereocenters. The van der Waals surface area contributed by atoms with Crippen molar-refractivity contribution in [3.63, 3.8) is 0 Å². The number of aromatic nitrogens is 2. The van der Waals surface area contributed by atoms with Crippen molar-refractivity contribution in [3.8, 4) is 11.6 Å². The molecule has 1 heterocycles. The fraction of sp³-hybridized carbons (Fsp3) is 0.333. The zero-order chi connectivity index (χ0) is 9.68. The maximum absolute atomic E-state index is 10.2. The van der Waals surface area contributed by atoms with E-state index >= 15 is 0 Å². The molecule has 0 saturated heterocycles. The van der Waals surface area contributed by atoms with E-state index in [2.05, 4.69) is 14.7 Å². The first-order valence-electron chi connectivity index (χ1n) is 3.31. The van der Waals surface area contributed by atoms with Crippen LogP contribution in [0.4, 0.5) is 5.82 Å². The first-order valence-corrected chi connectivity index (χ1v) is 4.05.